The summed E-state index contributed by atoms with van der Waals surface area (Å²) < 4.78 is 16.8. The van der Waals surface area contributed by atoms with Gasteiger partial charge in [-0.1, -0.05) is 201 Å². The minimum Gasteiger partial charge on any atom is -0.462 e. The lowest BCUT2D eigenvalue weighted by Gasteiger charge is -2.18. The van der Waals surface area contributed by atoms with Crippen molar-refractivity contribution in [2.45, 2.75) is 239 Å². The van der Waals surface area contributed by atoms with Gasteiger partial charge in [-0.2, -0.15) is 0 Å². The maximum Gasteiger partial charge on any atom is 0.306 e. The molecule has 0 aliphatic rings. The first-order chi connectivity index (χ1) is 31.5. The summed E-state index contributed by atoms with van der Waals surface area (Å²) in [6.07, 6.45) is 68.1. The molecule has 0 saturated heterocycles. The largest absolute Gasteiger partial charge is 0.462 e. The normalized spacial score (nSPS) is 12.9. The summed E-state index contributed by atoms with van der Waals surface area (Å²) in [4.78, 5) is 38.0. The molecule has 364 valence electrons. The molecule has 6 heteroatoms. The first kappa shape index (κ1) is 60.3. The van der Waals surface area contributed by atoms with E-state index in [0.29, 0.717) is 19.3 Å². The van der Waals surface area contributed by atoms with Crippen LogP contribution in [0.2, 0.25) is 0 Å². The molecule has 0 amide bonds. The van der Waals surface area contributed by atoms with Gasteiger partial charge in [-0.15, -0.1) is 0 Å². The minimum absolute atomic E-state index is 0.0999. The quantitative estimate of drug-likeness (QED) is 0.0199. The van der Waals surface area contributed by atoms with Gasteiger partial charge in [0.05, 0.1) is 0 Å². The zero-order chi connectivity index (χ0) is 46.5. The van der Waals surface area contributed by atoms with Gasteiger partial charge in [-0.25, -0.2) is 0 Å². The van der Waals surface area contributed by atoms with Gasteiger partial charge in [0, 0.05) is 19.3 Å². The smallest absolute Gasteiger partial charge is 0.306 e. The van der Waals surface area contributed by atoms with Crippen LogP contribution in [-0.4, -0.2) is 37.2 Å². The first-order valence-electron chi connectivity index (χ1n) is 26.3. The van der Waals surface area contributed by atoms with Gasteiger partial charge in [0.1, 0.15) is 13.2 Å². The Hall–Kier alpha value is -3.67. The number of hydrogen-bond acceptors (Lipinski definition) is 6. The Morgan fingerprint density at radius 1 is 0.344 bits per heavy atom. The van der Waals surface area contributed by atoms with Gasteiger partial charge in [0.25, 0.3) is 0 Å². The van der Waals surface area contributed by atoms with E-state index in [-0.39, 0.29) is 31.1 Å². The Kier molecular flexibility index (Phi) is 49.0. The molecule has 64 heavy (non-hydrogen) atoms. The van der Waals surface area contributed by atoms with Gasteiger partial charge in [-0.3, -0.25) is 14.4 Å². The molecule has 0 radical (unpaired) electrons. The van der Waals surface area contributed by atoms with E-state index in [9.17, 15) is 14.4 Å². The fourth-order valence-electron chi connectivity index (χ4n) is 6.88. The van der Waals surface area contributed by atoms with Crippen LogP contribution in [0.15, 0.2) is 97.2 Å². The van der Waals surface area contributed by atoms with E-state index in [1.54, 1.807) is 0 Å². The molecule has 0 N–H and O–H groups in total. The summed E-state index contributed by atoms with van der Waals surface area (Å²) in [6, 6.07) is 0. The number of unbranched alkanes of at least 4 members (excludes halogenated alkanes) is 21. The number of rotatable bonds is 46. The summed E-state index contributed by atoms with van der Waals surface area (Å²) in [7, 11) is 0. The van der Waals surface area contributed by atoms with E-state index in [4.69, 9.17) is 14.2 Å². The summed E-state index contributed by atoms with van der Waals surface area (Å²) in [6.45, 7) is 6.41. The van der Waals surface area contributed by atoms with E-state index in [0.717, 1.165) is 109 Å². The molecule has 6 nitrogen and oxygen atoms in total. The Morgan fingerprint density at radius 3 is 1.06 bits per heavy atom. The highest BCUT2D eigenvalue weighted by Crippen LogP contribution is 2.13. The molecule has 0 heterocycles. The van der Waals surface area contributed by atoms with Crippen LogP contribution in [0.1, 0.15) is 233 Å². The van der Waals surface area contributed by atoms with Crippen molar-refractivity contribution in [3.05, 3.63) is 97.2 Å². The molecule has 0 aromatic rings. The number of hydrogen-bond donors (Lipinski definition) is 0. The summed E-state index contributed by atoms with van der Waals surface area (Å²) in [5.74, 6) is -0.957. The Bertz CT molecular complexity index is 1300. The second-order valence-electron chi connectivity index (χ2n) is 17.1. The lowest BCUT2D eigenvalue weighted by atomic mass is 10.1. The fraction of sp³-hybridized carbons (Fsp3) is 0.672. The van der Waals surface area contributed by atoms with Crippen molar-refractivity contribution in [1.29, 1.82) is 0 Å². The maximum absolute atomic E-state index is 12.8. The first-order valence-corrected chi connectivity index (χ1v) is 26.3. The maximum atomic E-state index is 12.8. The van der Waals surface area contributed by atoms with Crippen LogP contribution in [0.5, 0.6) is 0 Å². The average molecular weight is 889 g/mol. The lowest BCUT2D eigenvalue weighted by Crippen LogP contribution is -2.30. The van der Waals surface area contributed by atoms with E-state index in [1.807, 2.05) is 0 Å². The highest BCUT2D eigenvalue weighted by atomic mass is 16.6. The Labute approximate surface area is 394 Å². The molecule has 0 saturated carbocycles. The second-order valence-corrected chi connectivity index (χ2v) is 17.1. The van der Waals surface area contributed by atoms with E-state index < -0.39 is 6.10 Å². The number of esters is 3. The molecule has 0 spiro atoms. The SMILES string of the molecule is CC/C=C\C/C=C\C/C=C\C/C=C\CCCCCC(=O)OCC(COC(=O)CCCCCCCC/C=C\C=C/CCCCC)OC(=O)CCCCCCCC/C=C\C=C/CCCCC. The molecule has 1 unspecified atom stereocenters. The van der Waals surface area contributed by atoms with Crippen molar-refractivity contribution in [3.63, 3.8) is 0 Å². The van der Waals surface area contributed by atoms with Crippen molar-refractivity contribution in [3.8, 4) is 0 Å². The monoisotopic (exact) mass is 889 g/mol. The predicted molar refractivity (Wildman–Crippen MR) is 274 cm³/mol. The number of carbonyl (C=O) groups is 3. The third kappa shape index (κ3) is 49.3. The van der Waals surface area contributed by atoms with Crippen LogP contribution < -0.4 is 0 Å². The number of carbonyl (C=O) groups excluding carboxylic acids is 3. The third-order valence-electron chi connectivity index (χ3n) is 10.8. The van der Waals surface area contributed by atoms with Crippen molar-refractivity contribution >= 4 is 17.9 Å². The van der Waals surface area contributed by atoms with Gasteiger partial charge < -0.3 is 14.2 Å². The van der Waals surface area contributed by atoms with Crippen molar-refractivity contribution in [2.24, 2.45) is 0 Å². The van der Waals surface area contributed by atoms with Crippen LogP contribution in [-0.2, 0) is 28.6 Å². The standard InChI is InChI=1S/C58H96O6/c1-4-7-10-13-16-19-22-25-28-31-33-36-39-42-45-48-51-57(60)63-54-55(64-58(61)52-49-46-43-40-37-34-30-27-24-21-18-15-12-9-6-3)53-62-56(59)50-47-44-41-38-35-32-29-26-23-20-17-14-11-8-5-2/h7,10,16-21,23-28,33,36,55H,4-6,8-9,11-15,22,29-32,34-35,37-54H2,1-3H3/b10-7-,19-16-,20-17-,21-18-,26-23-,27-24-,28-25-,36-33-. The van der Waals surface area contributed by atoms with Crippen LogP contribution in [0.25, 0.3) is 0 Å². The Morgan fingerprint density at radius 2 is 0.656 bits per heavy atom. The average Bonchev–Trinajstić information content (AvgIpc) is 3.29. The number of allylic oxidation sites excluding steroid dienone is 16. The van der Waals surface area contributed by atoms with E-state index in [2.05, 4.69) is 118 Å². The van der Waals surface area contributed by atoms with E-state index in [1.165, 1.54) is 83.5 Å². The predicted octanol–water partition coefficient (Wildman–Crippen LogP) is 17.4. The van der Waals surface area contributed by atoms with E-state index >= 15 is 0 Å². The Balaban J connectivity index is 4.50. The summed E-state index contributed by atoms with van der Waals surface area (Å²) >= 11 is 0. The minimum atomic E-state index is -0.802. The molecule has 0 aromatic heterocycles. The van der Waals surface area contributed by atoms with Crippen LogP contribution >= 0.6 is 0 Å². The van der Waals surface area contributed by atoms with Crippen molar-refractivity contribution in [2.75, 3.05) is 13.2 Å². The zero-order valence-corrected chi connectivity index (χ0v) is 41.5. The lowest BCUT2D eigenvalue weighted by molar-refractivity contribution is -0.167. The molecule has 0 bridgehead atoms. The summed E-state index contributed by atoms with van der Waals surface area (Å²) in [5.41, 5.74) is 0. The molecule has 0 rings (SSSR count). The highest BCUT2D eigenvalue weighted by molar-refractivity contribution is 5.71. The molecule has 0 fully saturated rings. The van der Waals surface area contributed by atoms with Crippen LogP contribution in [0.4, 0.5) is 0 Å². The van der Waals surface area contributed by atoms with Gasteiger partial charge in [0.15, 0.2) is 6.10 Å². The topological polar surface area (TPSA) is 78.9 Å². The van der Waals surface area contributed by atoms with Crippen LogP contribution in [0, 0.1) is 0 Å². The van der Waals surface area contributed by atoms with Crippen LogP contribution in [0.3, 0.4) is 0 Å². The number of ether oxygens (including phenoxy) is 3. The van der Waals surface area contributed by atoms with Gasteiger partial charge >= 0.3 is 17.9 Å². The fourth-order valence-corrected chi connectivity index (χ4v) is 6.88. The second kappa shape index (κ2) is 52.0. The molecule has 1 atom stereocenters. The van der Waals surface area contributed by atoms with Gasteiger partial charge in [0.2, 0.25) is 0 Å². The molecule has 0 aromatic carbocycles. The van der Waals surface area contributed by atoms with Crippen molar-refractivity contribution < 1.29 is 28.6 Å². The van der Waals surface area contributed by atoms with Crippen molar-refractivity contribution in [1.82, 2.24) is 0 Å². The highest BCUT2D eigenvalue weighted by Gasteiger charge is 2.19. The molecular weight excluding hydrogens is 793 g/mol. The molecular formula is C58H96O6. The summed E-state index contributed by atoms with van der Waals surface area (Å²) in [5, 5.41) is 0. The van der Waals surface area contributed by atoms with Gasteiger partial charge in [-0.05, 0) is 109 Å². The molecule has 0 aliphatic heterocycles. The molecule has 0 aliphatic carbocycles. The third-order valence-corrected chi connectivity index (χ3v) is 10.8. The zero-order valence-electron chi connectivity index (χ0n) is 41.5.